The van der Waals surface area contributed by atoms with Crippen LogP contribution in [0.2, 0.25) is 0 Å². The molecular weight excluding hydrogens is 296 g/mol. The molecule has 6 heteroatoms. The van der Waals surface area contributed by atoms with Crippen LogP contribution < -0.4 is 8.91 Å². The van der Waals surface area contributed by atoms with Crippen molar-refractivity contribution < 1.29 is 17.2 Å². The van der Waals surface area contributed by atoms with E-state index in [0.29, 0.717) is 5.75 Å². The van der Waals surface area contributed by atoms with Crippen molar-refractivity contribution in [2.75, 3.05) is 0 Å². The lowest BCUT2D eigenvalue weighted by atomic mass is 9.98. The minimum absolute atomic E-state index is 0.0249. The molecule has 1 aliphatic heterocycles. The predicted molar refractivity (Wildman–Crippen MR) is 77.2 cm³/mol. The average Bonchev–Trinajstić information content (AvgIpc) is 2.46. The Morgan fingerprint density at radius 2 is 1.90 bits per heavy atom. The highest BCUT2D eigenvalue weighted by Crippen LogP contribution is 2.39. The molecule has 0 aliphatic carbocycles. The van der Waals surface area contributed by atoms with E-state index in [1.807, 2.05) is 25.1 Å². The fourth-order valence-electron chi connectivity index (χ4n) is 2.33. The van der Waals surface area contributed by atoms with Crippen molar-refractivity contribution in [3.63, 3.8) is 0 Å². The Labute approximate surface area is 123 Å². The minimum atomic E-state index is -2.49. The van der Waals surface area contributed by atoms with Crippen LogP contribution in [0.1, 0.15) is 30.5 Å². The van der Waals surface area contributed by atoms with Gasteiger partial charge in [-0.1, -0.05) is 42.5 Å². The Bertz CT molecular complexity index is 689. The van der Waals surface area contributed by atoms with Crippen LogP contribution in [0, 0.1) is 0 Å². The van der Waals surface area contributed by atoms with Gasteiger partial charge >= 0.3 is 0 Å². The minimum Gasteiger partial charge on any atom is -0.388 e. The molecule has 2 unspecified atom stereocenters. The van der Waals surface area contributed by atoms with E-state index in [2.05, 4.69) is 4.72 Å². The van der Waals surface area contributed by atoms with Crippen molar-refractivity contribution in [1.29, 1.82) is 0 Å². The van der Waals surface area contributed by atoms with Crippen LogP contribution in [0.15, 0.2) is 42.5 Å². The molecule has 0 saturated heterocycles. The zero-order chi connectivity index (χ0) is 15.0. The molecule has 110 valence electrons. The van der Waals surface area contributed by atoms with E-state index >= 15 is 0 Å². The first-order valence-corrected chi connectivity index (χ1v) is 7.51. The van der Waals surface area contributed by atoms with Crippen LogP contribution >= 0.6 is 0 Å². The summed E-state index contributed by atoms with van der Waals surface area (Å²) in [5.74, 6) is 0.534. The van der Waals surface area contributed by atoms with Gasteiger partial charge in [0.25, 0.3) is 17.7 Å². The third-order valence-corrected chi connectivity index (χ3v) is 4.28. The zero-order valence-corrected chi connectivity index (χ0v) is 12.0. The highest BCUT2D eigenvalue weighted by molar-refractivity contribution is 7.78. The van der Waals surface area contributed by atoms with Gasteiger partial charge in [0, 0.05) is 22.7 Å². The van der Waals surface area contributed by atoms with Crippen molar-refractivity contribution in [3.05, 3.63) is 53.6 Å². The number of rotatable bonds is 2. The number of para-hydroxylation sites is 1. The number of hydrogen-bond acceptors (Lipinski definition) is 2. The second-order valence-corrected chi connectivity index (χ2v) is 5.68. The smallest absolute Gasteiger partial charge is 0.288 e. The Balaban J connectivity index is 2.07. The summed E-state index contributed by atoms with van der Waals surface area (Å²) in [6.07, 6.45) is -2.49. The summed E-state index contributed by atoms with van der Waals surface area (Å²) >= 11 is -1.60. The van der Waals surface area contributed by atoms with E-state index in [9.17, 15) is 13.0 Å². The van der Waals surface area contributed by atoms with Gasteiger partial charge in [-0.15, -0.1) is 0 Å². The molecule has 0 radical (unpaired) electrons. The van der Waals surface area contributed by atoms with Gasteiger partial charge in [0.15, 0.2) is 5.75 Å². The molecular formula is C15H13F2NO2S. The fraction of sp³-hybridized carbons (Fsp3) is 0.200. The van der Waals surface area contributed by atoms with Gasteiger partial charge in [0.2, 0.25) is 0 Å². The van der Waals surface area contributed by atoms with Crippen molar-refractivity contribution in [2.45, 2.75) is 19.4 Å². The Kier molecular flexibility index (Phi) is 3.73. The van der Waals surface area contributed by atoms with Gasteiger partial charge < -0.3 is 4.18 Å². The first-order valence-electron chi connectivity index (χ1n) is 6.44. The van der Waals surface area contributed by atoms with E-state index < -0.39 is 17.7 Å². The van der Waals surface area contributed by atoms with E-state index in [1.54, 1.807) is 12.1 Å². The molecule has 0 aromatic heterocycles. The van der Waals surface area contributed by atoms with Crippen LogP contribution in [0.3, 0.4) is 0 Å². The number of halogens is 2. The van der Waals surface area contributed by atoms with Gasteiger partial charge in [0.05, 0.1) is 0 Å². The van der Waals surface area contributed by atoms with Gasteiger partial charge in [-0.05, 0) is 12.5 Å². The summed E-state index contributed by atoms with van der Waals surface area (Å²) in [6, 6.07) is 11.5. The molecule has 2 aromatic carbocycles. The lowest BCUT2D eigenvalue weighted by molar-refractivity contribution is 0.151. The maximum Gasteiger partial charge on any atom is 0.288 e. The van der Waals surface area contributed by atoms with E-state index in [1.165, 1.54) is 12.1 Å². The predicted octanol–water partition coefficient (Wildman–Crippen LogP) is 3.91. The Morgan fingerprint density at radius 3 is 2.57 bits per heavy atom. The Hall–Kier alpha value is -1.79. The second-order valence-electron chi connectivity index (χ2n) is 4.80. The first-order chi connectivity index (χ1) is 10.1. The highest BCUT2D eigenvalue weighted by Gasteiger charge is 2.25. The lowest BCUT2D eigenvalue weighted by Crippen LogP contribution is -2.30. The monoisotopic (exact) mass is 309 g/mol. The first kappa shape index (κ1) is 14.2. The van der Waals surface area contributed by atoms with Crippen LogP contribution in [0.5, 0.6) is 5.75 Å². The maximum atomic E-state index is 12.6. The molecule has 0 spiro atoms. The van der Waals surface area contributed by atoms with Crippen LogP contribution in [0.4, 0.5) is 8.78 Å². The Morgan fingerprint density at radius 1 is 1.19 bits per heavy atom. The van der Waals surface area contributed by atoms with Crippen molar-refractivity contribution in [3.8, 4) is 16.9 Å². The third kappa shape index (κ3) is 2.69. The zero-order valence-electron chi connectivity index (χ0n) is 11.2. The summed E-state index contributed by atoms with van der Waals surface area (Å²) in [4.78, 5) is 0. The molecule has 2 atom stereocenters. The molecule has 2 aromatic rings. The van der Waals surface area contributed by atoms with Gasteiger partial charge in [0.1, 0.15) is 0 Å². The van der Waals surface area contributed by atoms with Crippen LogP contribution in [0.25, 0.3) is 11.1 Å². The highest BCUT2D eigenvalue weighted by atomic mass is 32.2. The molecule has 21 heavy (non-hydrogen) atoms. The molecule has 3 rings (SSSR count). The van der Waals surface area contributed by atoms with Gasteiger partial charge in [-0.3, -0.25) is 0 Å². The van der Waals surface area contributed by atoms with Crippen LogP contribution in [-0.2, 0) is 11.3 Å². The summed E-state index contributed by atoms with van der Waals surface area (Å²) in [7, 11) is 0. The topological polar surface area (TPSA) is 38.3 Å². The maximum absolute atomic E-state index is 12.6. The number of fused-ring (bicyclic) bond motifs is 1. The van der Waals surface area contributed by atoms with E-state index in [4.69, 9.17) is 4.18 Å². The molecule has 3 nitrogen and oxygen atoms in total. The van der Waals surface area contributed by atoms with Crippen molar-refractivity contribution in [2.24, 2.45) is 0 Å². The second kappa shape index (κ2) is 5.54. The summed E-state index contributed by atoms with van der Waals surface area (Å²) < 4.78 is 45.0. The standard InChI is InChI=1S/C15H13F2NO2S/c1-9-12-3-2-4-13(14(12)20-21(19)18-9)10-5-7-11(8-6-10)15(16)17/h2-9,15,18H,1H3. The van der Waals surface area contributed by atoms with Crippen LogP contribution in [-0.4, -0.2) is 4.21 Å². The normalized spacial score (nSPS) is 21.0. The molecule has 1 N–H and O–H groups in total. The third-order valence-electron chi connectivity index (χ3n) is 3.42. The van der Waals surface area contributed by atoms with E-state index in [0.717, 1.165) is 16.7 Å². The molecule has 0 saturated carbocycles. The van der Waals surface area contributed by atoms with Crippen molar-refractivity contribution in [1.82, 2.24) is 4.72 Å². The molecule has 1 aliphatic rings. The fourth-order valence-corrected chi connectivity index (χ4v) is 3.13. The largest absolute Gasteiger partial charge is 0.388 e. The summed E-state index contributed by atoms with van der Waals surface area (Å²) in [6.45, 7) is 1.89. The molecule has 0 amide bonds. The average molecular weight is 309 g/mol. The summed E-state index contributed by atoms with van der Waals surface area (Å²) in [5, 5.41) is 0. The van der Waals surface area contributed by atoms with Gasteiger partial charge in [-0.25, -0.2) is 8.78 Å². The molecule has 0 bridgehead atoms. The quantitative estimate of drug-likeness (QED) is 0.913. The number of alkyl halides is 2. The van der Waals surface area contributed by atoms with Crippen molar-refractivity contribution >= 4 is 11.3 Å². The van der Waals surface area contributed by atoms with Gasteiger partial charge in [-0.2, -0.15) is 8.93 Å². The lowest BCUT2D eigenvalue weighted by Gasteiger charge is -2.24. The SMILES string of the molecule is CC1NS(=O)Oc2c(-c3ccc(C(F)F)cc3)cccc21. The number of hydrogen-bond donors (Lipinski definition) is 1. The number of benzene rings is 2. The molecule has 0 fully saturated rings. The molecule has 1 heterocycles. The van der Waals surface area contributed by atoms with E-state index in [-0.39, 0.29) is 11.6 Å². The summed E-state index contributed by atoms with van der Waals surface area (Å²) in [5.41, 5.74) is 2.37. The number of nitrogens with one attached hydrogen (secondary N) is 1.